The Kier molecular flexibility index (Phi) is 6.01. The molecule has 0 unspecified atom stereocenters. The van der Waals surface area contributed by atoms with Gasteiger partial charge in [-0.25, -0.2) is 0 Å². The molecule has 0 amide bonds. The van der Waals surface area contributed by atoms with Crippen LogP contribution in [0.2, 0.25) is 0 Å². The van der Waals surface area contributed by atoms with Crippen LogP contribution in [-0.4, -0.2) is 24.4 Å². The van der Waals surface area contributed by atoms with Crippen LogP contribution >= 0.6 is 0 Å². The van der Waals surface area contributed by atoms with Crippen LogP contribution in [0.4, 0.5) is 0 Å². The first-order valence-corrected chi connectivity index (χ1v) is 6.20. The second kappa shape index (κ2) is 7.30. The normalized spacial score (nSPS) is 10.9. The lowest BCUT2D eigenvalue weighted by Crippen LogP contribution is -2.22. The minimum absolute atomic E-state index is 0.172. The zero-order valence-corrected chi connectivity index (χ0v) is 11.0. The van der Waals surface area contributed by atoms with Gasteiger partial charge in [-0.15, -0.1) is 0 Å². The Balaban J connectivity index is 2.69. The monoisotopic (exact) mass is 237 g/mol. The van der Waals surface area contributed by atoms with Crippen molar-refractivity contribution >= 4 is 0 Å². The van der Waals surface area contributed by atoms with Crippen molar-refractivity contribution in [1.82, 2.24) is 5.32 Å². The lowest BCUT2D eigenvalue weighted by atomic mass is 10.1. The third kappa shape index (κ3) is 4.75. The van der Waals surface area contributed by atoms with E-state index in [1.165, 1.54) is 5.56 Å². The summed E-state index contributed by atoms with van der Waals surface area (Å²) >= 11 is 0. The summed E-state index contributed by atoms with van der Waals surface area (Å²) < 4.78 is 5.74. The molecule has 96 valence electrons. The maximum atomic E-state index is 8.77. The third-order valence-electron chi connectivity index (χ3n) is 2.54. The summed E-state index contributed by atoms with van der Waals surface area (Å²) in [6.07, 6.45) is 0.672. The first kappa shape index (κ1) is 14.0. The molecule has 2 N–H and O–H groups in total. The molecule has 3 heteroatoms. The molecular weight excluding hydrogens is 214 g/mol. The van der Waals surface area contributed by atoms with Crippen molar-refractivity contribution in [2.75, 3.05) is 13.2 Å². The maximum Gasteiger partial charge on any atom is 0.126 e. The van der Waals surface area contributed by atoms with E-state index in [0.717, 1.165) is 17.9 Å². The predicted molar refractivity (Wildman–Crippen MR) is 70.4 cm³/mol. The molecule has 1 rings (SSSR count). The van der Waals surface area contributed by atoms with E-state index >= 15 is 0 Å². The smallest absolute Gasteiger partial charge is 0.126 e. The number of para-hydroxylation sites is 1. The third-order valence-corrected chi connectivity index (χ3v) is 2.54. The Hall–Kier alpha value is -1.06. The second-order valence-electron chi connectivity index (χ2n) is 4.52. The highest BCUT2D eigenvalue weighted by molar-refractivity contribution is 5.40. The topological polar surface area (TPSA) is 41.5 Å². The Labute approximate surface area is 104 Å². The minimum Gasteiger partial charge on any atom is -0.493 e. The summed E-state index contributed by atoms with van der Waals surface area (Å²) in [5, 5.41) is 12.2. The van der Waals surface area contributed by atoms with Gasteiger partial charge >= 0.3 is 0 Å². The van der Waals surface area contributed by atoms with E-state index in [4.69, 9.17) is 9.84 Å². The maximum absolute atomic E-state index is 8.77. The summed E-state index contributed by atoms with van der Waals surface area (Å²) in [4.78, 5) is 0. The Morgan fingerprint density at radius 3 is 2.76 bits per heavy atom. The van der Waals surface area contributed by atoms with Crippen molar-refractivity contribution in [2.45, 2.75) is 39.8 Å². The molecule has 0 aromatic heterocycles. The fourth-order valence-corrected chi connectivity index (χ4v) is 1.61. The first-order valence-electron chi connectivity index (χ1n) is 6.20. The Morgan fingerprint density at radius 2 is 2.12 bits per heavy atom. The zero-order valence-electron chi connectivity index (χ0n) is 11.0. The fourth-order valence-electron chi connectivity index (χ4n) is 1.61. The molecule has 1 aromatic carbocycles. The van der Waals surface area contributed by atoms with Gasteiger partial charge in [-0.05, 0) is 12.5 Å². The predicted octanol–water partition coefficient (Wildman–Crippen LogP) is 2.25. The van der Waals surface area contributed by atoms with Crippen molar-refractivity contribution in [3.05, 3.63) is 29.3 Å². The number of aryl methyl sites for hydroxylation is 1. The van der Waals surface area contributed by atoms with Gasteiger partial charge in [-0.1, -0.05) is 32.0 Å². The average Bonchev–Trinajstić information content (AvgIpc) is 2.29. The van der Waals surface area contributed by atoms with E-state index < -0.39 is 0 Å². The molecule has 0 fully saturated rings. The number of hydrogen-bond donors (Lipinski definition) is 2. The highest BCUT2D eigenvalue weighted by atomic mass is 16.5. The molecule has 0 aliphatic carbocycles. The molecule has 0 heterocycles. The van der Waals surface area contributed by atoms with Crippen LogP contribution in [0.5, 0.6) is 5.75 Å². The van der Waals surface area contributed by atoms with Gasteiger partial charge in [0.15, 0.2) is 0 Å². The summed E-state index contributed by atoms with van der Waals surface area (Å²) in [6.45, 7) is 7.85. The van der Waals surface area contributed by atoms with Gasteiger partial charge in [-0.3, -0.25) is 0 Å². The van der Waals surface area contributed by atoms with Gasteiger partial charge in [0.1, 0.15) is 5.75 Å². The van der Waals surface area contributed by atoms with Crippen LogP contribution in [0.1, 0.15) is 31.4 Å². The molecule has 0 aliphatic heterocycles. The van der Waals surface area contributed by atoms with Crippen molar-refractivity contribution in [1.29, 1.82) is 0 Å². The molecule has 0 atom stereocenters. The number of aliphatic hydroxyl groups excluding tert-OH is 1. The molecule has 17 heavy (non-hydrogen) atoms. The number of nitrogens with one attached hydrogen (secondary N) is 1. The highest BCUT2D eigenvalue weighted by Crippen LogP contribution is 2.23. The molecular formula is C14H23NO2. The molecule has 0 radical (unpaired) electrons. The summed E-state index contributed by atoms with van der Waals surface area (Å²) in [5.41, 5.74) is 2.32. The largest absolute Gasteiger partial charge is 0.493 e. The van der Waals surface area contributed by atoms with Crippen LogP contribution in [0.25, 0.3) is 0 Å². The van der Waals surface area contributed by atoms with E-state index in [2.05, 4.69) is 25.2 Å². The standard InChI is InChI=1S/C14H23NO2/c1-11(2)15-10-13-7-4-6-12(3)14(13)17-9-5-8-16/h4,6-7,11,15-16H,5,8-10H2,1-3H3. The SMILES string of the molecule is Cc1cccc(CNC(C)C)c1OCCCO. The van der Waals surface area contributed by atoms with Crippen molar-refractivity contribution in [2.24, 2.45) is 0 Å². The van der Waals surface area contributed by atoms with Gasteiger partial charge in [0.2, 0.25) is 0 Å². The highest BCUT2D eigenvalue weighted by Gasteiger charge is 2.07. The van der Waals surface area contributed by atoms with E-state index in [-0.39, 0.29) is 6.61 Å². The fraction of sp³-hybridized carbons (Fsp3) is 0.571. The molecule has 0 spiro atoms. The number of hydrogen-bond acceptors (Lipinski definition) is 3. The van der Waals surface area contributed by atoms with Gasteiger partial charge in [-0.2, -0.15) is 0 Å². The van der Waals surface area contributed by atoms with Gasteiger partial charge in [0, 0.05) is 31.2 Å². The summed E-state index contributed by atoms with van der Waals surface area (Å²) in [6, 6.07) is 6.64. The van der Waals surface area contributed by atoms with Crippen LogP contribution in [0.3, 0.4) is 0 Å². The molecule has 0 saturated carbocycles. The van der Waals surface area contributed by atoms with Crippen LogP contribution in [0, 0.1) is 6.92 Å². The minimum atomic E-state index is 0.172. The lowest BCUT2D eigenvalue weighted by Gasteiger charge is -2.15. The quantitative estimate of drug-likeness (QED) is 0.715. The van der Waals surface area contributed by atoms with Gasteiger partial charge < -0.3 is 15.2 Å². The molecule has 0 saturated heterocycles. The van der Waals surface area contributed by atoms with E-state index in [1.54, 1.807) is 0 Å². The summed E-state index contributed by atoms with van der Waals surface area (Å²) in [5.74, 6) is 0.953. The Bertz CT molecular complexity index is 337. The molecule has 0 bridgehead atoms. The number of benzene rings is 1. The number of rotatable bonds is 7. The number of aliphatic hydroxyl groups is 1. The molecule has 0 aliphatic rings. The Morgan fingerprint density at radius 1 is 1.35 bits per heavy atom. The van der Waals surface area contributed by atoms with Crippen LogP contribution < -0.4 is 10.1 Å². The van der Waals surface area contributed by atoms with Crippen molar-refractivity contribution < 1.29 is 9.84 Å². The molecule has 3 nitrogen and oxygen atoms in total. The van der Waals surface area contributed by atoms with E-state index in [9.17, 15) is 0 Å². The van der Waals surface area contributed by atoms with Crippen LogP contribution in [-0.2, 0) is 6.54 Å². The summed E-state index contributed by atoms with van der Waals surface area (Å²) in [7, 11) is 0. The average molecular weight is 237 g/mol. The van der Waals surface area contributed by atoms with Crippen molar-refractivity contribution in [3.63, 3.8) is 0 Å². The van der Waals surface area contributed by atoms with E-state index in [0.29, 0.717) is 19.1 Å². The number of ether oxygens (including phenoxy) is 1. The van der Waals surface area contributed by atoms with Gasteiger partial charge in [0.25, 0.3) is 0 Å². The van der Waals surface area contributed by atoms with E-state index in [1.807, 2.05) is 19.1 Å². The first-order chi connectivity index (χ1) is 8.15. The molecule has 1 aromatic rings. The second-order valence-corrected chi connectivity index (χ2v) is 4.52. The van der Waals surface area contributed by atoms with Crippen LogP contribution in [0.15, 0.2) is 18.2 Å². The van der Waals surface area contributed by atoms with Crippen molar-refractivity contribution in [3.8, 4) is 5.75 Å². The zero-order chi connectivity index (χ0) is 12.7. The van der Waals surface area contributed by atoms with Gasteiger partial charge in [0.05, 0.1) is 6.61 Å². The lowest BCUT2D eigenvalue weighted by molar-refractivity contribution is 0.231.